The molecule has 2 aromatic rings. The highest BCUT2D eigenvalue weighted by Gasteiger charge is 2.14. The lowest BCUT2D eigenvalue weighted by molar-refractivity contribution is -0.111. The fraction of sp³-hybridized carbons (Fsp3) is 0.167. The summed E-state index contributed by atoms with van der Waals surface area (Å²) in [7, 11) is 4.56. The number of benzene rings is 2. The van der Waals surface area contributed by atoms with Gasteiger partial charge in [0.25, 0.3) is 0 Å². The SMILES string of the molecule is COc1ccc(/C=C/C(=O)Nc2c(Cl)cccc2Cl)c(OC)c1OC. The molecular formula is C18H17Cl2NO4. The number of para-hydroxylation sites is 1. The molecule has 0 atom stereocenters. The minimum Gasteiger partial charge on any atom is -0.493 e. The lowest BCUT2D eigenvalue weighted by Gasteiger charge is -2.14. The summed E-state index contributed by atoms with van der Waals surface area (Å²) in [4.78, 5) is 12.2. The normalized spacial score (nSPS) is 10.6. The van der Waals surface area contributed by atoms with Crippen LogP contribution in [0.5, 0.6) is 17.2 Å². The van der Waals surface area contributed by atoms with Crippen LogP contribution in [0.15, 0.2) is 36.4 Å². The highest BCUT2D eigenvalue weighted by molar-refractivity contribution is 6.39. The van der Waals surface area contributed by atoms with Gasteiger partial charge in [0, 0.05) is 11.6 Å². The van der Waals surface area contributed by atoms with Gasteiger partial charge in [0.2, 0.25) is 11.7 Å². The Morgan fingerprint density at radius 3 is 2.16 bits per heavy atom. The number of rotatable bonds is 6. The van der Waals surface area contributed by atoms with Crippen LogP contribution in [0.2, 0.25) is 10.0 Å². The summed E-state index contributed by atoms with van der Waals surface area (Å²) in [5.41, 5.74) is 1.01. The number of hydrogen-bond donors (Lipinski definition) is 1. The number of anilines is 1. The molecule has 2 aromatic carbocycles. The highest BCUT2D eigenvalue weighted by atomic mass is 35.5. The van der Waals surface area contributed by atoms with E-state index in [-0.39, 0.29) is 5.91 Å². The number of ether oxygens (including phenoxy) is 3. The predicted molar refractivity (Wildman–Crippen MR) is 100 cm³/mol. The van der Waals surface area contributed by atoms with E-state index < -0.39 is 0 Å². The van der Waals surface area contributed by atoms with Gasteiger partial charge in [-0.05, 0) is 30.3 Å². The molecule has 0 saturated carbocycles. The van der Waals surface area contributed by atoms with Crippen molar-refractivity contribution in [3.8, 4) is 17.2 Å². The topological polar surface area (TPSA) is 56.8 Å². The van der Waals surface area contributed by atoms with Crippen molar-refractivity contribution in [3.05, 3.63) is 52.0 Å². The van der Waals surface area contributed by atoms with E-state index in [1.54, 1.807) is 36.4 Å². The van der Waals surface area contributed by atoms with Crippen LogP contribution in [-0.4, -0.2) is 27.2 Å². The van der Waals surface area contributed by atoms with Crippen LogP contribution in [0.1, 0.15) is 5.56 Å². The van der Waals surface area contributed by atoms with Gasteiger partial charge >= 0.3 is 0 Å². The molecule has 0 bridgehead atoms. The van der Waals surface area contributed by atoms with Crippen LogP contribution in [0.25, 0.3) is 6.08 Å². The smallest absolute Gasteiger partial charge is 0.248 e. The molecule has 1 amide bonds. The fourth-order valence-corrected chi connectivity index (χ4v) is 2.70. The van der Waals surface area contributed by atoms with Gasteiger partial charge in [-0.15, -0.1) is 0 Å². The van der Waals surface area contributed by atoms with Crippen molar-refractivity contribution in [1.29, 1.82) is 0 Å². The first-order chi connectivity index (χ1) is 12.0. The third-order valence-corrected chi connectivity index (χ3v) is 3.99. The van der Waals surface area contributed by atoms with Crippen molar-refractivity contribution >= 4 is 40.9 Å². The van der Waals surface area contributed by atoms with Crippen molar-refractivity contribution in [3.63, 3.8) is 0 Å². The van der Waals surface area contributed by atoms with Crippen LogP contribution in [0.3, 0.4) is 0 Å². The third-order valence-electron chi connectivity index (χ3n) is 3.36. The van der Waals surface area contributed by atoms with Crippen LogP contribution in [-0.2, 0) is 4.79 Å². The molecule has 0 radical (unpaired) electrons. The first kappa shape index (κ1) is 19.0. The van der Waals surface area contributed by atoms with Crippen molar-refractivity contribution in [2.24, 2.45) is 0 Å². The summed E-state index contributed by atoms with van der Waals surface area (Å²) < 4.78 is 15.9. The summed E-state index contributed by atoms with van der Waals surface area (Å²) in [6, 6.07) is 8.47. The van der Waals surface area contributed by atoms with Gasteiger partial charge in [-0.2, -0.15) is 0 Å². The zero-order valence-electron chi connectivity index (χ0n) is 13.9. The van der Waals surface area contributed by atoms with Gasteiger partial charge in [0.15, 0.2) is 11.5 Å². The maximum atomic E-state index is 12.2. The molecule has 0 fully saturated rings. The molecule has 0 aliphatic rings. The second-order valence-electron chi connectivity index (χ2n) is 4.84. The molecule has 0 saturated heterocycles. The zero-order chi connectivity index (χ0) is 18.4. The first-order valence-electron chi connectivity index (χ1n) is 7.23. The van der Waals surface area contributed by atoms with E-state index in [0.29, 0.717) is 38.5 Å². The molecule has 0 unspecified atom stereocenters. The highest BCUT2D eigenvalue weighted by Crippen LogP contribution is 2.40. The monoisotopic (exact) mass is 381 g/mol. The molecule has 2 rings (SSSR count). The van der Waals surface area contributed by atoms with E-state index in [0.717, 1.165) is 0 Å². The van der Waals surface area contributed by atoms with E-state index in [1.807, 2.05) is 0 Å². The Morgan fingerprint density at radius 2 is 1.60 bits per heavy atom. The summed E-state index contributed by atoms with van der Waals surface area (Å²) in [6.07, 6.45) is 2.95. The molecule has 1 N–H and O–H groups in total. The molecule has 132 valence electrons. The standard InChI is InChI=1S/C18H17Cl2NO4/c1-23-14-9-7-11(17(24-2)18(14)25-3)8-10-15(22)21-16-12(19)5-4-6-13(16)20/h4-10H,1-3H3,(H,21,22)/b10-8+. The average Bonchev–Trinajstić information content (AvgIpc) is 2.62. The van der Waals surface area contributed by atoms with Gasteiger partial charge < -0.3 is 19.5 Å². The van der Waals surface area contributed by atoms with Crippen molar-refractivity contribution in [2.75, 3.05) is 26.6 Å². The minimum atomic E-state index is -0.383. The Morgan fingerprint density at radius 1 is 0.960 bits per heavy atom. The van der Waals surface area contributed by atoms with Gasteiger partial charge in [-0.3, -0.25) is 4.79 Å². The molecule has 5 nitrogen and oxygen atoms in total. The maximum Gasteiger partial charge on any atom is 0.248 e. The van der Waals surface area contributed by atoms with Gasteiger partial charge in [-0.1, -0.05) is 29.3 Å². The molecule has 0 aliphatic heterocycles. The summed E-state index contributed by atoms with van der Waals surface area (Å²) in [6.45, 7) is 0. The van der Waals surface area contributed by atoms with E-state index in [9.17, 15) is 4.79 Å². The molecule has 0 aromatic heterocycles. The Kier molecular flexibility index (Phi) is 6.56. The number of amides is 1. The molecular weight excluding hydrogens is 365 g/mol. The number of nitrogens with one attached hydrogen (secondary N) is 1. The molecule has 0 spiro atoms. The number of methoxy groups -OCH3 is 3. The second kappa shape index (κ2) is 8.65. The molecule has 25 heavy (non-hydrogen) atoms. The molecule has 0 heterocycles. The van der Waals surface area contributed by atoms with Crippen LogP contribution < -0.4 is 19.5 Å². The van der Waals surface area contributed by atoms with Gasteiger partial charge in [-0.25, -0.2) is 0 Å². The minimum absolute atomic E-state index is 0.359. The summed E-state index contributed by atoms with van der Waals surface area (Å²) in [5.74, 6) is 1.05. The Labute approximate surface area is 156 Å². The van der Waals surface area contributed by atoms with Crippen molar-refractivity contribution < 1.29 is 19.0 Å². The number of halogens is 2. The maximum absolute atomic E-state index is 12.2. The lowest BCUT2D eigenvalue weighted by atomic mass is 10.1. The number of carbonyl (C=O) groups is 1. The Balaban J connectivity index is 2.25. The largest absolute Gasteiger partial charge is 0.493 e. The van der Waals surface area contributed by atoms with E-state index >= 15 is 0 Å². The molecule has 7 heteroatoms. The average molecular weight is 382 g/mol. The first-order valence-corrected chi connectivity index (χ1v) is 7.99. The Hall–Kier alpha value is -2.37. The summed E-state index contributed by atoms with van der Waals surface area (Å²) in [5, 5.41) is 3.37. The van der Waals surface area contributed by atoms with E-state index in [4.69, 9.17) is 37.4 Å². The number of carbonyl (C=O) groups excluding carboxylic acids is 1. The van der Waals surface area contributed by atoms with Crippen LogP contribution in [0.4, 0.5) is 5.69 Å². The Bertz CT molecular complexity index is 786. The van der Waals surface area contributed by atoms with E-state index in [1.165, 1.54) is 27.4 Å². The van der Waals surface area contributed by atoms with Crippen LogP contribution >= 0.6 is 23.2 Å². The lowest BCUT2D eigenvalue weighted by Crippen LogP contribution is -2.08. The van der Waals surface area contributed by atoms with Crippen LogP contribution in [0, 0.1) is 0 Å². The fourth-order valence-electron chi connectivity index (χ4n) is 2.20. The quantitative estimate of drug-likeness (QED) is 0.738. The second-order valence-corrected chi connectivity index (χ2v) is 5.66. The summed E-state index contributed by atoms with van der Waals surface area (Å²) >= 11 is 12.1. The van der Waals surface area contributed by atoms with Gasteiger partial charge in [0.05, 0.1) is 37.1 Å². The van der Waals surface area contributed by atoms with Gasteiger partial charge in [0.1, 0.15) is 0 Å². The zero-order valence-corrected chi connectivity index (χ0v) is 15.4. The van der Waals surface area contributed by atoms with Crippen molar-refractivity contribution in [2.45, 2.75) is 0 Å². The molecule has 0 aliphatic carbocycles. The predicted octanol–water partition coefficient (Wildman–Crippen LogP) is 4.67. The number of hydrogen-bond acceptors (Lipinski definition) is 4. The van der Waals surface area contributed by atoms with Crippen molar-refractivity contribution in [1.82, 2.24) is 0 Å². The third kappa shape index (κ3) is 4.38. The van der Waals surface area contributed by atoms with E-state index in [2.05, 4.69) is 5.32 Å².